The van der Waals surface area contributed by atoms with E-state index in [-0.39, 0.29) is 18.1 Å². The number of nitrogens with zero attached hydrogens (tertiary/aromatic N) is 2. The lowest BCUT2D eigenvalue weighted by atomic mass is 10.1. The Bertz CT molecular complexity index is 470. The van der Waals surface area contributed by atoms with Gasteiger partial charge in [-0.1, -0.05) is 13.8 Å². The Balaban J connectivity index is 2.24. The molecule has 5 heteroatoms. The summed E-state index contributed by atoms with van der Waals surface area (Å²) in [4.78, 5) is 14.8. The second-order valence-corrected chi connectivity index (χ2v) is 5.52. The smallest absolute Gasteiger partial charge is 0.270 e. The summed E-state index contributed by atoms with van der Waals surface area (Å²) in [5.74, 6) is 0.0668. The Morgan fingerprint density at radius 2 is 2.25 bits per heavy atom. The maximum atomic E-state index is 12.8. The van der Waals surface area contributed by atoms with E-state index in [4.69, 9.17) is 10.5 Å². The Hall–Kier alpha value is -1.49. The minimum absolute atomic E-state index is 0.0668. The number of anilines is 1. The number of nitrogens with two attached hydrogens (primary N) is 1. The largest absolute Gasteiger partial charge is 0.397 e. The molecule has 1 aromatic rings. The topological polar surface area (TPSA) is 60.5 Å². The number of ether oxygens (including phenoxy) is 1. The number of carbonyl (C=O) groups is 1. The highest BCUT2D eigenvalue weighted by atomic mass is 16.5. The van der Waals surface area contributed by atoms with Gasteiger partial charge in [0.1, 0.15) is 5.69 Å². The minimum atomic E-state index is 0.0668. The zero-order chi connectivity index (χ0) is 14.7. The summed E-state index contributed by atoms with van der Waals surface area (Å²) in [5.41, 5.74) is 7.20. The predicted octanol–water partition coefficient (Wildman–Crippen LogP) is 2.12. The summed E-state index contributed by atoms with van der Waals surface area (Å²) < 4.78 is 7.62. The molecule has 1 amide bonds. The van der Waals surface area contributed by atoms with Gasteiger partial charge >= 0.3 is 0 Å². The fourth-order valence-corrected chi connectivity index (χ4v) is 2.72. The summed E-state index contributed by atoms with van der Waals surface area (Å²) in [6, 6.07) is 1.94. The second-order valence-electron chi connectivity index (χ2n) is 5.52. The first-order valence-corrected chi connectivity index (χ1v) is 7.45. The highest BCUT2D eigenvalue weighted by Gasteiger charge is 2.31. The molecule has 1 saturated heterocycles. The van der Waals surface area contributed by atoms with Crippen LogP contribution in [0.15, 0.2) is 12.3 Å². The van der Waals surface area contributed by atoms with Gasteiger partial charge in [0, 0.05) is 19.3 Å². The number of morpholine rings is 1. The van der Waals surface area contributed by atoms with Gasteiger partial charge in [-0.15, -0.1) is 0 Å². The molecule has 2 atom stereocenters. The maximum Gasteiger partial charge on any atom is 0.270 e. The van der Waals surface area contributed by atoms with Crippen molar-refractivity contribution in [2.24, 2.45) is 0 Å². The van der Waals surface area contributed by atoms with Crippen LogP contribution in [0, 0.1) is 0 Å². The standard InChI is InChI=1S/C15H25N3O2/c1-4-6-17-9-12(16)7-14(17)15(19)18-8-11(3)20-10-13(18)5-2/h7,9,11,13H,4-6,8,10,16H2,1-3H3. The molecule has 20 heavy (non-hydrogen) atoms. The first-order chi connectivity index (χ1) is 9.56. The van der Waals surface area contributed by atoms with E-state index in [1.165, 1.54) is 0 Å². The van der Waals surface area contributed by atoms with Crippen molar-refractivity contribution in [1.29, 1.82) is 0 Å². The van der Waals surface area contributed by atoms with Crippen molar-refractivity contribution in [3.63, 3.8) is 0 Å². The number of aromatic nitrogens is 1. The van der Waals surface area contributed by atoms with E-state index in [2.05, 4.69) is 13.8 Å². The van der Waals surface area contributed by atoms with E-state index >= 15 is 0 Å². The van der Waals surface area contributed by atoms with Gasteiger partial charge in [-0.3, -0.25) is 4.79 Å². The number of hydrogen-bond donors (Lipinski definition) is 1. The molecule has 2 unspecified atom stereocenters. The molecule has 2 rings (SSSR count). The summed E-state index contributed by atoms with van der Waals surface area (Å²) in [5, 5.41) is 0. The van der Waals surface area contributed by atoms with Crippen LogP contribution in [0.4, 0.5) is 5.69 Å². The highest BCUT2D eigenvalue weighted by molar-refractivity contribution is 5.94. The number of carbonyl (C=O) groups excluding carboxylic acids is 1. The van der Waals surface area contributed by atoms with Gasteiger partial charge in [-0.05, 0) is 25.8 Å². The first kappa shape index (κ1) is 14.9. The molecule has 1 fully saturated rings. The third-order valence-corrected chi connectivity index (χ3v) is 3.80. The molecule has 0 radical (unpaired) electrons. The number of rotatable bonds is 4. The molecule has 1 aliphatic heterocycles. The fourth-order valence-electron chi connectivity index (χ4n) is 2.72. The third kappa shape index (κ3) is 2.98. The summed E-state index contributed by atoms with van der Waals surface area (Å²) >= 11 is 0. The van der Waals surface area contributed by atoms with Crippen LogP contribution in [0.3, 0.4) is 0 Å². The van der Waals surface area contributed by atoms with Crippen LogP contribution in [0.25, 0.3) is 0 Å². The number of amides is 1. The molecule has 0 bridgehead atoms. The minimum Gasteiger partial charge on any atom is -0.397 e. The van der Waals surface area contributed by atoms with Crippen molar-refractivity contribution in [3.8, 4) is 0 Å². The van der Waals surface area contributed by atoms with Gasteiger partial charge in [-0.2, -0.15) is 0 Å². The van der Waals surface area contributed by atoms with E-state index in [0.717, 1.165) is 19.4 Å². The van der Waals surface area contributed by atoms with Crippen LogP contribution in [0.1, 0.15) is 44.1 Å². The predicted molar refractivity (Wildman–Crippen MR) is 79.7 cm³/mol. The quantitative estimate of drug-likeness (QED) is 0.918. The van der Waals surface area contributed by atoms with Gasteiger partial charge in [0.15, 0.2) is 0 Å². The molecule has 0 aromatic carbocycles. The number of aryl methyl sites for hydroxylation is 1. The second kappa shape index (κ2) is 6.31. The van der Waals surface area contributed by atoms with Crippen LogP contribution >= 0.6 is 0 Å². The van der Waals surface area contributed by atoms with Crippen LogP contribution < -0.4 is 5.73 Å². The zero-order valence-electron chi connectivity index (χ0n) is 12.6. The Morgan fingerprint density at radius 3 is 2.90 bits per heavy atom. The van der Waals surface area contributed by atoms with Crippen molar-refractivity contribution >= 4 is 11.6 Å². The van der Waals surface area contributed by atoms with E-state index in [0.29, 0.717) is 24.5 Å². The van der Waals surface area contributed by atoms with Crippen molar-refractivity contribution in [1.82, 2.24) is 9.47 Å². The van der Waals surface area contributed by atoms with Crippen molar-refractivity contribution in [2.45, 2.75) is 52.3 Å². The van der Waals surface area contributed by atoms with Gasteiger partial charge in [0.05, 0.1) is 24.4 Å². The number of hydrogen-bond acceptors (Lipinski definition) is 3. The Labute approximate surface area is 120 Å². The molecule has 5 nitrogen and oxygen atoms in total. The lowest BCUT2D eigenvalue weighted by molar-refractivity contribution is -0.0447. The normalized spacial score (nSPS) is 23.1. The van der Waals surface area contributed by atoms with Crippen molar-refractivity contribution < 1.29 is 9.53 Å². The zero-order valence-corrected chi connectivity index (χ0v) is 12.6. The molecule has 0 spiro atoms. The highest BCUT2D eigenvalue weighted by Crippen LogP contribution is 2.20. The summed E-state index contributed by atoms with van der Waals surface area (Å²) in [7, 11) is 0. The van der Waals surface area contributed by atoms with Crippen LogP contribution in [0.2, 0.25) is 0 Å². The molecule has 112 valence electrons. The molecule has 2 N–H and O–H groups in total. The summed E-state index contributed by atoms with van der Waals surface area (Å²) in [6.07, 6.45) is 3.82. The molecule has 1 aromatic heterocycles. The molecule has 0 saturated carbocycles. The Morgan fingerprint density at radius 1 is 1.50 bits per heavy atom. The van der Waals surface area contributed by atoms with Gasteiger partial charge in [-0.25, -0.2) is 0 Å². The van der Waals surface area contributed by atoms with Crippen molar-refractivity contribution in [3.05, 3.63) is 18.0 Å². The van der Waals surface area contributed by atoms with Gasteiger partial charge in [0.2, 0.25) is 0 Å². The van der Waals surface area contributed by atoms with Crippen LogP contribution in [0.5, 0.6) is 0 Å². The Kier molecular flexibility index (Phi) is 4.70. The average Bonchev–Trinajstić information content (AvgIpc) is 2.79. The third-order valence-electron chi connectivity index (χ3n) is 3.80. The first-order valence-electron chi connectivity index (χ1n) is 7.45. The lowest BCUT2D eigenvalue weighted by Gasteiger charge is -2.38. The fraction of sp³-hybridized carbons (Fsp3) is 0.667. The summed E-state index contributed by atoms with van der Waals surface area (Å²) in [6.45, 7) is 8.27. The maximum absolute atomic E-state index is 12.8. The van der Waals surface area contributed by atoms with E-state index in [1.54, 1.807) is 6.07 Å². The molecular formula is C15H25N3O2. The number of nitrogen functional groups attached to an aromatic ring is 1. The average molecular weight is 279 g/mol. The molecule has 1 aliphatic rings. The SMILES string of the molecule is CCCn1cc(N)cc1C(=O)N1CC(C)OCC1CC. The van der Waals surface area contributed by atoms with Crippen LogP contribution in [-0.4, -0.2) is 40.7 Å². The van der Waals surface area contributed by atoms with E-state index in [1.807, 2.05) is 22.6 Å². The van der Waals surface area contributed by atoms with E-state index < -0.39 is 0 Å². The lowest BCUT2D eigenvalue weighted by Crippen LogP contribution is -2.51. The molecule has 2 heterocycles. The monoisotopic (exact) mass is 279 g/mol. The van der Waals surface area contributed by atoms with Crippen molar-refractivity contribution in [2.75, 3.05) is 18.9 Å². The molecular weight excluding hydrogens is 254 g/mol. The van der Waals surface area contributed by atoms with Gasteiger partial charge in [0.25, 0.3) is 5.91 Å². The molecule has 0 aliphatic carbocycles. The van der Waals surface area contributed by atoms with Crippen LogP contribution in [-0.2, 0) is 11.3 Å². The van der Waals surface area contributed by atoms with Gasteiger partial charge < -0.3 is 19.9 Å². The van der Waals surface area contributed by atoms with E-state index in [9.17, 15) is 4.79 Å².